The normalized spacial score (nSPS) is 15.6. The van der Waals surface area contributed by atoms with E-state index >= 15 is 0 Å². The van der Waals surface area contributed by atoms with Crippen LogP contribution in [0.1, 0.15) is 31.1 Å². The number of hydrogen-bond donors (Lipinski definition) is 1. The van der Waals surface area contributed by atoms with Gasteiger partial charge < -0.3 is 10.2 Å². The van der Waals surface area contributed by atoms with Gasteiger partial charge in [0.2, 0.25) is 0 Å². The molecule has 4 aromatic rings. The van der Waals surface area contributed by atoms with Crippen LogP contribution in [0.5, 0.6) is 0 Å². The molecular weight excluding hydrogens is 470 g/mol. The molecule has 2 aliphatic rings. The minimum absolute atomic E-state index is 0.109. The first-order valence-corrected chi connectivity index (χ1v) is 13.3. The number of carbonyl (C=O) groups is 3. The Kier molecular flexibility index (Phi) is 5.85. The lowest BCUT2D eigenvalue weighted by atomic mass is 9.92. The average molecular weight is 496 g/mol. The van der Waals surface area contributed by atoms with Gasteiger partial charge in [-0.25, -0.2) is 0 Å². The number of fused-ring (bicyclic) bond motifs is 1. The molecule has 1 N–H and O–H groups in total. The van der Waals surface area contributed by atoms with Crippen LogP contribution in [0.2, 0.25) is 0 Å². The van der Waals surface area contributed by atoms with Gasteiger partial charge in [-0.1, -0.05) is 42.5 Å². The maximum Gasteiger partial charge on any atom is 0.261 e. The lowest BCUT2D eigenvalue weighted by Gasteiger charge is -2.32. The molecule has 6 nitrogen and oxygen atoms in total. The Balaban J connectivity index is 1.21. The second-order valence-electron chi connectivity index (χ2n) is 9.04. The molecule has 0 atom stereocenters. The van der Waals surface area contributed by atoms with E-state index in [1.165, 1.54) is 4.90 Å². The van der Waals surface area contributed by atoms with E-state index in [1.807, 2.05) is 72.4 Å². The van der Waals surface area contributed by atoms with Crippen molar-refractivity contribution in [2.75, 3.05) is 42.6 Å². The average Bonchev–Trinajstić information content (AvgIpc) is 2.93. The van der Waals surface area contributed by atoms with Crippen LogP contribution in [-0.2, 0) is 0 Å². The van der Waals surface area contributed by atoms with Crippen LogP contribution < -0.4 is 10.2 Å². The summed E-state index contributed by atoms with van der Waals surface area (Å²) in [6.45, 7) is 2.19. The van der Waals surface area contributed by atoms with E-state index in [0.29, 0.717) is 16.7 Å². The Hall–Kier alpha value is -3.84. The molecule has 0 radical (unpaired) electrons. The molecule has 0 aliphatic carbocycles. The van der Waals surface area contributed by atoms with Crippen LogP contribution in [0.25, 0.3) is 21.5 Å². The first kappa shape index (κ1) is 22.6. The van der Waals surface area contributed by atoms with E-state index in [-0.39, 0.29) is 30.8 Å². The molecule has 0 saturated carbocycles. The summed E-state index contributed by atoms with van der Waals surface area (Å²) in [6.07, 6.45) is 0. The van der Waals surface area contributed by atoms with Gasteiger partial charge in [-0.15, -0.1) is 0 Å². The zero-order valence-electron chi connectivity index (χ0n) is 19.7. The largest absolute Gasteiger partial charge is 0.369 e. The standard InChI is InChI=1S/C29H25N3O3S/c33-27(21-9-8-19-4-1-2-5-20(19)18-21)30-12-13-32-28(34)23-7-3-6-22-25(31-14-16-36-17-15-31)11-10-24(26(22)23)29(32)35/h1-11,18H,12-17H2,(H,30,33). The number of nitrogens with one attached hydrogen (secondary N) is 1. The molecule has 0 spiro atoms. The smallest absolute Gasteiger partial charge is 0.261 e. The van der Waals surface area contributed by atoms with Crippen molar-refractivity contribution in [3.05, 3.63) is 89.5 Å². The van der Waals surface area contributed by atoms with Crippen molar-refractivity contribution in [1.29, 1.82) is 0 Å². The van der Waals surface area contributed by atoms with E-state index in [1.54, 1.807) is 12.1 Å². The third-order valence-corrected chi connectivity index (χ3v) is 7.90. The molecule has 1 saturated heterocycles. The zero-order valence-corrected chi connectivity index (χ0v) is 20.5. The Morgan fingerprint density at radius 3 is 2.39 bits per heavy atom. The van der Waals surface area contributed by atoms with Gasteiger partial charge in [0.15, 0.2) is 0 Å². The topological polar surface area (TPSA) is 69.7 Å². The highest BCUT2D eigenvalue weighted by Crippen LogP contribution is 2.36. The number of carbonyl (C=O) groups excluding carboxylic acids is 3. The molecule has 6 rings (SSSR count). The Morgan fingerprint density at radius 1 is 0.833 bits per heavy atom. The predicted octanol–water partition coefficient (Wildman–Crippen LogP) is 4.57. The molecule has 4 aromatic carbocycles. The van der Waals surface area contributed by atoms with E-state index in [0.717, 1.165) is 51.8 Å². The molecule has 0 bridgehead atoms. The lowest BCUT2D eigenvalue weighted by molar-refractivity contribution is 0.0607. The molecule has 2 aliphatic heterocycles. The fraction of sp³-hybridized carbons (Fsp3) is 0.207. The van der Waals surface area contributed by atoms with Gasteiger partial charge >= 0.3 is 0 Å². The second kappa shape index (κ2) is 9.32. The summed E-state index contributed by atoms with van der Waals surface area (Å²) in [4.78, 5) is 43.0. The van der Waals surface area contributed by atoms with Crippen LogP contribution in [0.3, 0.4) is 0 Å². The maximum absolute atomic E-state index is 13.4. The third-order valence-electron chi connectivity index (χ3n) is 6.95. The highest BCUT2D eigenvalue weighted by Gasteiger charge is 2.33. The van der Waals surface area contributed by atoms with E-state index < -0.39 is 0 Å². The highest BCUT2D eigenvalue weighted by molar-refractivity contribution is 7.99. The van der Waals surface area contributed by atoms with Crippen LogP contribution in [0, 0.1) is 0 Å². The lowest BCUT2D eigenvalue weighted by Crippen LogP contribution is -2.44. The Labute approximate surface area is 213 Å². The first-order chi connectivity index (χ1) is 17.6. The quantitative estimate of drug-likeness (QED) is 0.411. The number of imide groups is 1. The van der Waals surface area contributed by atoms with Crippen LogP contribution >= 0.6 is 11.8 Å². The minimum Gasteiger partial charge on any atom is -0.369 e. The van der Waals surface area contributed by atoms with Gasteiger partial charge in [0.25, 0.3) is 17.7 Å². The monoisotopic (exact) mass is 495 g/mol. The summed E-state index contributed by atoms with van der Waals surface area (Å²) in [5.74, 6) is 1.28. The van der Waals surface area contributed by atoms with Gasteiger partial charge in [0.1, 0.15) is 0 Å². The summed E-state index contributed by atoms with van der Waals surface area (Å²) in [7, 11) is 0. The van der Waals surface area contributed by atoms with Gasteiger partial charge in [-0.05, 0) is 41.1 Å². The van der Waals surface area contributed by atoms with E-state index in [2.05, 4.69) is 10.2 Å². The summed E-state index contributed by atoms with van der Waals surface area (Å²) in [6, 6.07) is 22.9. The van der Waals surface area contributed by atoms with Gasteiger partial charge in [-0.2, -0.15) is 11.8 Å². The third kappa shape index (κ3) is 3.89. The molecule has 0 unspecified atom stereocenters. The summed E-state index contributed by atoms with van der Waals surface area (Å²) in [5.41, 5.74) is 2.70. The van der Waals surface area contributed by atoms with Crippen molar-refractivity contribution in [2.45, 2.75) is 0 Å². The van der Waals surface area contributed by atoms with Gasteiger partial charge in [-0.3, -0.25) is 19.3 Å². The number of benzene rings is 4. The fourth-order valence-electron chi connectivity index (χ4n) is 5.13. The fourth-order valence-corrected chi connectivity index (χ4v) is 6.03. The van der Waals surface area contributed by atoms with Gasteiger partial charge in [0, 0.05) is 70.8 Å². The molecular formula is C29H25N3O3S. The molecule has 1 fully saturated rings. The van der Waals surface area contributed by atoms with E-state index in [4.69, 9.17) is 0 Å². The van der Waals surface area contributed by atoms with E-state index in [9.17, 15) is 14.4 Å². The van der Waals surface area contributed by atoms with Crippen LogP contribution in [0.15, 0.2) is 72.8 Å². The van der Waals surface area contributed by atoms with Crippen LogP contribution in [0.4, 0.5) is 5.69 Å². The summed E-state index contributed by atoms with van der Waals surface area (Å²) < 4.78 is 0. The summed E-state index contributed by atoms with van der Waals surface area (Å²) >= 11 is 1.94. The maximum atomic E-state index is 13.4. The number of amides is 3. The summed E-state index contributed by atoms with van der Waals surface area (Å²) in [5, 5.41) is 6.59. The van der Waals surface area contributed by atoms with Crippen molar-refractivity contribution in [3.8, 4) is 0 Å². The Morgan fingerprint density at radius 2 is 1.58 bits per heavy atom. The number of anilines is 1. The number of nitrogens with zero attached hydrogens (tertiary/aromatic N) is 2. The Bertz CT molecular complexity index is 1510. The highest BCUT2D eigenvalue weighted by atomic mass is 32.2. The van der Waals surface area contributed by atoms with Crippen molar-refractivity contribution >= 4 is 56.7 Å². The van der Waals surface area contributed by atoms with Crippen molar-refractivity contribution in [1.82, 2.24) is 10.2 Å². The van der Waals surface area contributed by atoms with Crippen LogP contribution in [-0.4, -0.2) is 60.3 Å². The number of rotatable bonds is 5. The molecule has 7 heteroatoms. The molecule has 180 valence electrons. The van der Waals surface area contributed by atoms with Crippen molar-refractivity contribution < 1.29 is 14.4 Å². The minimum atomic E-state index is -0.315. The van der Waals surface area contributed by atoms with Crippen molar-refractivity contribution in [2.24, 2.45) is 0 Å². The molecule has 3 amide bonds. The zero-order chi connectivity index (χ0) is 24.6. The second-order valence-corrected chi connectivity index (χ2v) is 10.3. The number of thioether (sulfide) groups is 1. The molecule has 0 aromatic heterocycles. The number of hydrogen-bond acceptors (Lipinski definition) is 5. The van der Waals surface area contributed by atoms with Crippen molar-refractivity contribution in [3.63, 3.8) is 0 Å². The molecule has 2 heterocycles. The molecule has 36 heavy (non-hydrogen) atoms. The van der Waals surface area contributed by atoms with Gasteiger partial charge in [0.05, 0.1) is 0 Å². The first-order valence-electron chi connectivity index (χ1n) is 12.1. The SMILES string of the molecule is O=C(NCCN1C(=O)c2cccc3c(N4CCSCC4)ccc(c23)C1=O)c1ccc2ccccc2c1. The predicted molar refractivity (Wildman–Crippen MR) is 145 cm³/mol.